The molecule has 0 saturated carbocycles. The molecule has 0 bridgehead atoms. The van der Waals surface area contributed by atoms with Crippen molar-refractivity contribution in [3.63, 3.8) is 0 Å². The van der Waals surface area contributed by atoms with Gasteiger partial charge in [-0.15, -0.1) is 0 Å². The minimum absolute atomic E-state index is 0.224. The highest BCUT2D eigenvalue weighted by Crippen LogP contribution is 2.48. The van der Waals surface area contributed by atoms with Crippen LogP contribution in [0.25, 0.3) is 11.1 Å². The zero-order valence-electron chi connectivity index (χ0n) is 26.2. The van der Waals surface area contributed by atoms with E-state index in [4.69, 9.17) is 9.84 Å². The molecular weight excluding hydrogens is 591 g/mol. The van der Waals surface area contributed by atoms with Gasteiger partial charge < -0.3 is 24.6 Å². The predicted octanol–water partition coefficient (Wildman–Crippen LogP) is 2.68. The summed E-state index contributed by atoms with van der Waals surface area (Å²) in [5.74, 6) is 0.498. The van der Waals surface area contributed by atoms with Crippen molar-refractivity contribution in [2.75, 3.05) is 43.1 Å². The first-order chi connectivity index (χ1) is 22.2. The summed E-state index contributed by atoms with van der Waals surface area (Å²) in [6.45, 7) is 6.20. The molecule has 8 heterocycles. The van der Waals surface area contributed by atoms with E-state index in [1.807, 2.05) is 10.7 Å². The second-order valence-electron chi connectivity index (χ2n) is 13.2. The van der Waals surface area contributed by atoms with E-state index in [-0.39, 0.29) is 17.2 Å². The Hall–Kier alpha value is -4.07. The second kappa shape index (κ2) is 11.0. The molecule has 0 aromatic carbocycles. The van der Waals surface area contributed by atoms with Crippen LogP contribution in [0.15, 0.2) is 46.7 Å². The molecule has 0 aliphatic carbocycles. The fourth-order valence-electron chi connectivity index (χ4n) is 7.99. The summed E-state index contributed by atoms with van der Waals surface area (Å²) in [5.41, 5.74) is 2.20. The number of ether oxygens (including phenoxy) is 1. The average Bonchev–Trinajstić information content (AvgIpc) is 3.53. The highest BCUT2D eigenvalue weighted by molar-refractivity contribution is 6.09. The number of nitrogens with zero attached hydrogens (tertiary/aromatic N) is 7. The summed E-state index contributed by atoms with van der Waals surface area (Å²) in [7, 11) is 1.67. The Bertz CT molecular complexity index is 1810. The summed E-state index contributed by atoms with van der Waals surface area (Å²) in [4.78, 5) is 37.8. The number of hydrogen-bond donors (Lipinski definition) is 2. The zero-order chi connectivity index (χ0) is 31.7. The van der Waals surface area contributed by atoms with E-state index in [9.17, 15) is 14.7 Å². The third kappa shape index (κ3) is 4.58. The molecule has 5 aliphatic rings. The van der Waals surface area contributed by atoms with Crippen molar-refractivity contribution in [2.45, 2.75) is 70.1 Å². The summed E-state index contributed by atoms with van der Waals surface area (Å²) >= 11 is 0. The molecule has 46 heavy (non-hydrogen) atoms. The number of aliphatic hydroxyl groups excluding tert-OH is 1. The highest BCUT2D eigenvalue weighted by atomic mass is 19.1. The van der Waals surface area contributed by atoms with Crippen LogP contribution in [-0.4, -0.2) is 90.7 Å². The number of rotatable bonds is 6. The van der Waals surface area contributed by atoms with Crippen molar-refractivity contribution in [3.8, 4) is 11.1 Å². The molecule has 2 saturated heterocycles. The maximum Gasteiger partial charge on any atom is 0.274 e. The zero-order valence-corrected chi connectivity index (χ0v) is 26.2. The number of carbonyl (C=O) groups excluding carboxylic acids is 1. The molecule has 3 aromatic heterocycles. The fourth-order valence-corrected chi connectivity index (χ4v) is 7.99. The molecule has 2 atom stereocenters. The number of fused-ring (bicyclic) bond motifs is 3. The van der Waals surface area contributed by atoms with Gasteiger partial charge in [0.1, 0.15) is 11.5 Å². The van der Waals surface area contributed by atoms with E-state index in [1.54, 1.807) is 31.6 Å². The predicted molar refractivity (Wildman–Crippen MR) is 169 cm³/mol. The van der Waals surface area contributed by atoms with Crippen molar-refractivity contribution in [1.82, 2.24) is 29.1 Å². The minimum atomic E-state index is -1.75. The molecule has 0 radical (unpaired) electrons. The molecule has 5 aliphatic heterocycles. The molecule has 242 valence electrons. The number of carbonyl (C=O) groups is 1. The number of anilines is 3. The molecule has 12 nitrogen and oxygen atoms in total. The van der Waals surface area contributed by atoms with Gasteiger partial charge in [0, 0.05) is 74.9 Å². The van der Waals surface area contributed by atoms with E-state index in [1.165, 1.54) is 16.4 Å². The van der Waals surface area contributed by atoms with Crippen LogP contribution in [0.5, 0.6) is 0 Å². The Morgan fingerprint density at radius 3 is 2.78 bits per heavy atom. The van der Waals surface area contributed by atoms with E-state index >= 15 is 4.39 Å². The van der Waals surface area contributed by atoms with E-state index in [2.05, 4.69) is 20.1 Å². The number of hydrogen-bond acceptors (Lipinski definition) is 9. The number of nitrogens with one attached hydrogen (secondary N) is 1. The van der Waals surface area contributed by atoms with Gasteiger partial charge in [-0.25, -0.2) is 9.37 Å². The average molecular weight is 631 g/mol. The topological polar surface area (TPSA) is 121 Å². The third-order valence-electron chi connectivity index (χ3n) is 10.5. The summed E-state index contributed by atoms with van der Waals surface area (Å²) in [6, 6.07) is 5.60. The van der Waals surface area contributed by atoms with Gasteiger partial charge in [0.15, 0.2) is 11.5 Å². The van der Waals surface area contributed by atoms with Crippen molar-refractivity contribution in [1.29, 1.82) is 0 Å². The van der Waals surface area contributed by atoms with Gasteiger partial charge in [-0.3, -0.25) is 24.1 Å². The van der Waals surface area contributed by atoms with Crippen LogP contribution in [0.2, 0.25) is 0 Å². The molecule has 2 N–H and O–H groups in total. The SMILES string of the molecule is Cn1cc(-c2ccnc(N3CCC4=C(C3=O)C(C)(F)C3CCCCN43)c2CO)cc(Nc2cc3n(n2)CCN(C2COC2)C3)c1=O. The first-order valence-corrected chi connectivity index (χ1v) is 16.2. The van der Waals surface area contributed by atoms with Gasteiger partial charge in [-0.05, 0) is 43.9 Å². The number of amides is 1. The molecule has 8 rings (SSSR count). The summed E-state index contributed by atoms with van der Waals surface area (Å²) in [6.07, 6.45) is 6.49. The van der Waals surface area contributed by atoms with E-state index < -0.39 is 18.2 Å². The molecule has 2 unspecified atom stereocenters. The summed E-state index contributed by atoms with van der Waals surface area (Å²) in [5, 5.41) is 18.6. The van der Waals surface area contributed by atoms with Crippen LogP contribution in [-0.2, 0) is 36.3 Å². The molecule has 1 amide bonds. The lowest BCUT2D eigenvalue weighted by Crippen LogP contribution is -2.51. The largest absolute Gasteiger partial charge is 0.392 e. The quantitative estimate of drug-likeness (QED) is 0.424. The number of piperidine rings is 1. The van der Waals surface area contributed by atoms with Crippen LogP contribution in [0.4, 0.5) is 21.7 Å². The number of halogens is 1. The number of pyridine rings is 2. The highest BCUT2D eigenvalue weighted by Gasteiger charge is 2.55. The van der Waals surface area contributed by atoms with Crippen LogP contribution in [0, 0.1) is 0 Å². The number of alkyl halides is 1. The molecule has 3 aromatic rings. The first kappa shape index (κ1) is 29.3. The number of aliphatic hydroxyl groups is 1. The lowest BCUT2D eigenvalue weighted by Gasteiger charge is -2.39. The van der Waals surface area contributed by atoms with Gasteiger partial charge >= 0.3 is 0 Å². The van der Waals surface area contributed by atoms with Gasteiger partial charge in [-0.2, -0.15) is 5.10 Å². The Balaban J connectivity index is 1.10. The molecule has 13 heteroatoms. The fraction of sp³-hybridized carbons (Fsp3) is 0.515. The Labute approximate surface area is 266 Å². The Morgan fingerprint density at radius 2 is 2.00 bits per heavy atom. The lowest BCUT2D eigenvalue weighted by atomic mass is 9.86. The first-order valence-electron chi connectivity index (χ1n) is 16.2. The van der Waals surface area contributed by atoms with E-state index in [0.29, 0.717) is 53.0 Å². The van der Waals surface area contributed by atoms with E-state index in [0.717, 1.165) is 70.0 Å². The maximum absolute atomic E-state index is 16.3. The van der Waals surface area contributed by atoms with Crippen molar-refractivity contribution < 1.29 is 19.0 Å². The second-order valence-corrected chi connectivity index (χ2v) is 13.2. The smallest absolute Gasteiger partial charge is 0.274 e. The molecular formula is C33H39FN8O4. The summed E-state index contributed by atoms with van der Waals surface area (Å²) < 4.78 is 25.2. The Kier molecular flexibility index (Phi) is 7.03. The molecule has 2 fully saturated rings. The van der Waals surface area contributed by atoms with Crippen molar-refractivity contribution in [2.24, 2.45) is 7.05 Å². The van der Waals surface area contributed by atoms with Crippen molar-refractivity contribution >= 4 is 23.2 Å². The standard InChI is InChI=1S/C33H39FN8O4/c1-33(34)27-5-3-4-9-40(27)26-7-10-41(32(45)29(26)33)30-24(17-43)23(6-8-35-30)20-13-25(31(44)38(2)15-20)36-28-14-21-16-39(22-18-46-19-22)11-12-42(21)37-28/h6,8,13-15,22,27,43H,3-5,7,9-12,16-19H2,1-2H3,(H,36,37). The number of aryl methyl sites for hydroxylation is 1. The van der Waals surface area contributed by atoms with Crippen LogP contribution >= 0.6 is 0 Å². The Morgan fingerprint density at radius 1 is 1.15 bits per heavy atom. The van der Waals surface area contributed by atoms with Crippen molar-refractivity contribution in [3.05, 3.63) is 63.5 Å². The van der Waals surface area contributed by atoms with Gasteiger partial charge in [0.2, 0.25) is 0 Å². The van der Waals surface area contributed by atoms with Gasteiger partial charge in [0.05, 0.1) is 49.7 Å². The van der Waals surface area contributed by atoms with Crippen LogP contribution < -0.4 is 15.8 Å². The maximum atomic E-state index is 16.3. The number of aromatic nitrogens is 4. The lowest BCUT2D eigenvalue weighted by molar-refractivity contribution is -0.116. The molecule has 0 spiro atoms. The monoisotopic (exact) mass is 630 g/mol. The normalized spacial score (nSPS) is 25.0. The third-order valence-corrected chi connectivity index (χ3v) is 10.5. The van der Waals surface area contributed by atoms with Crippen LogP contribution in [0.3, 0.4) is 0 Å². The van der Waals surface area contributed by atoms with Gasteiger partial charge in [0.25, 0.3) is 11.5 Å². The minimum Gasteiger partial charge on any atom is -0.392 e. The van der Waals surface area contributed by atoms with Gasteiger partial charge in [-0.1, -0.05) is 0 Å². The van der Waals surface area contributed by atoms with Crippen LogP contribution in [0.1, 0.15) is 43.9 Å².